The van der Waals surface area contributed by atoms with Crippen LogP contribution in [0.25, 0.3) is 11.0 Å². The van der Waals surface area contributed by atoms with E-state index in [-0.39, 0.29) is 20.4 Å². The Morgan fingerprint density at radius 3 is 2.91 bits per heavy atom. The Kier molecular flexibility index (Phi) is 2.43. The maximum absolute atomic E-state index is 4.27. The smallest absolute Gasteiger partial charge is 0.0468 e. The molecule has 11 heavy (non-hydrogen) atoms. The van der Waals surface area contributed by atoms with Crippen LogP contribution in [0.1, 0.15) is 5.69 Å². The zero-order valence-corrected chi connectivity index (χ0v) is 8.80. The Morgan fingerprint density at radius 2 is 2.09 bits per heavy atom. The average Bonchev–Trinajstić information content (AvgIpc) is 2.33. The summed E-state index contributed by atoms with van der Waals surface area (Å²) < 4.78 is 0. The molecule has 57 valence electrons. The van der Waals surface area contributed by atoms with Gasteiger partial charge in [-0.2, -0.15) is 6.20 Å². The minimum absolute atomic E-state index is 0. The number of aryl methyl sites for hydroxylation is 1. The van der Waals surface area contributed by atoms with Gasteiger partial charge in [0, 0.05) is 31.6 Å². The summed E-state index contributed by atoms with van der Waals surface area (Å²) in [6.45, 7) is 1.98. The van der Waals surface area contributed by atoms with Crippen molar-refractivity contribution in [2.75, 3.05) is 0 Å². The zero-order valence-electron chi connectivity index (χ0n) is 6.08. The Bertz CT molecular complexity index is 354. The van der Waals surface area contributed by atoms with Crippen molar-refractivity contribution >= 4 is 11.0 Å². The standard InChI is InChI=1S/C8H7N2.Re/c1-6-2-3-7-8(10-6)4-5-9-7;/h2-5H,1H3;/q-1;. The van der Waals surface area contributed by atoms with Crippen LogP contribution < -0.4 is 4.98 Å². The molecule has 0 N–H and O–H groups in total. The molecule has 2 heterocycles. The van der Waals surface area contributed by atoms with Gasteiger partial charge >= 0.3 is 0 Å². The molecule has 0 aromatic carbocycles. The van der Waals surface area contributed by atoms with Gasteiger partial charge in [0.2, 0.25) is 0 Å². The van der Waals surface area contributed by atoms with Crippen LogP contribution >= 0.6 is 0 Å². The van der Waals surface area contributed by atoms with Crippen LogP contribution in [0, 0.1) is 6.92 Å². The number of hydrogen-bond acceptors (Lipinski definition) is 1. The predicted octanol–water partition coefficient (Wildman–Crippen LogP) is 1.50. The van der Waals surface area contributed by atoms with Crippen LogP contribution in [0.2, 0.25) is 0 Å². The summed E-state index contributed by atoms with van der Waals surface area (Å²) in [5, 5.41) is 0. The van der Waals surface area contributed by atoms with E-state index in [0.29, 0.717) is 0 Å². The fraction of sp³-hybridized carbons (Fsp3) is 0.125. The second kappa shape index (κ2) is 3.17. The zero-order chi connectivity index (χ0) is 6.97. The molecule has 0 aliphatic heterocycles. The summed E-state index contributed by atoms with van der Waals surface area (Å²) in [6, 6.07) is 5.87. The first-order valence-corrected chi connectivity index (χ1v) is 3.21. The van der Waals surface area contributed by atoms with Crippen LogP contribution in [-0.4, -0.2) is 4.98 Å². The monoisotopic (exact) mass is 318 g/mol. The van der Waals surface area contributed by atoms with Gasteiger partial charge in [-0.05, 0) is 13.0 Å². The fourth-order valence-corrected chi connectivity index (χ4v) is 0.989. The van der Waals surface area contributed by atoms with Crippen molar-refractivity contribution in [1.82, 2.24) is 9.97 Å². The van der Waals surface area contributed by atoms with Crippen molar-refractivity contribution in [3.8, 4) is 0 Å². The molecular weight excluding hydrogens is 310 g/mol. The molecule has 1 radical (unpaired) electrons. The molecule has 2 aromatic heterocycles. The number of nitrogens with zero attached hydrogens (tertiary/aromatic N) is 2. The number of hydrogen-bond donors (Lipinski definition) is 0. The van der Waals surface area contributed by atoms with Gasteiger partial charge in [0.05, 0.1) is 0 Å². The second-order valence-corrected chi connectivity index (χ2v) is 2.30. The maximum atomic E-state index is 4.27. The maximum Gasteiger partial charge on any atom is 0.0468 e. The number of pyridine rings is 1. The summed E-state index contributed by atoms with van der Waals surface area (Å²) in [7, 11) is 0. The van der Waals surface area contributed by atoms with E-state index < -0.39 is 0 Å². The molecule has 0 bridgehead atoms. The van der Waals surface area contributed by atoms with E-state index in [1.165, 1.54) is 0 Å². The topological polar surface area (TPSA) is 27.0 Å². The SMILES string of the molecule is Cc1ccc2[n-]ccc2n1.[Re]. The molecule has 0 saturated carbocycles. The molecule has 0 amide bonds. The molecule has 0 atom stereocenters. The first kappa shape index (κ1) is 8.45. The number of aromatic nitrogens is 2. The first-order valence-electron chi connectivity index (χ1n) is 3.21. The van der Waals surface area contributed by atoms with E-state index in [4.69, 9.17) is 0 Å². The summed E-state index contributed by atoms with van der Waals surface area (Å²) in [5.74, 6) is 0. The molecular formula is C8H7N2Re-. The molecule has 0 unspecified atom stereocenters. The minimum atomic E-state index is 0. The van der Waals surface area contributed by atoms with E-state index in [9.17, 15) is 0 Å². The van der Waals surface area contributed by atoms with Crippen molar-refractivity contribution in [3.63, 3.8) is 0 Å². The van der Waals surface area contributed by atoms with Crippen molar-refractivity contribution in [2.45, 2.75) is 6.92 Å². The molecule has 0 aliphatic carbocycles. The van der Waals surface area contributed by atoms with Gasteiger partial charge in [-0.3, -0.25) is 4.98 Å². The van der Waals surface area contributed by atoms with Gasteiger partial charge in [-0.1, -0.05) is 12.1 Å². The van der Waals surface area contributed by atoms with Crippen molar-refractivity contribution in [1.29, 1.82) is 0 Å². The van der Waals surface area contributed by atoms with Crippen molar-refractivity contribution in [2.24, 2.45) is 0 Å². The van der Waals surface area contributed by atoms with E-state index in [0.717, 1.165) is 16.7 Å². The number of rotatable bonds is 0. The van der Waals surface area contributed by atoms with Crippen molar-refractivity contribution in [3.05, 3.63) is 30.1 Å². The van der Waals surface area contributed by atoms with E-state index >= 15 is 0 Å². The summed E-state index contributed by atoms with van der Waals surface area (Å²) in [5.41, 5.74) is 3.01. The van der Waals surface area contributed by atoms with Crippen LogP contribution in [0.15, 0.2) is 24.4 Å². The molecule has 0 spiro atoms. The Morgan fingerprint density at radius 1 is 1.27 bits per heavy atom. The van der Waals surface area contributed by atoms with Crippen LogP contribution in [-0.2, 0) is 20.4 Å². The molecule has 0 aliphatic rings. The van der Waals surface area contributed by atoms with E-state index in [1.54, 1.807) is 6.20 Å². The van der Waals surface area contributed by atoms with Gasteiger partial charge in [0.15, 0.2) is 0 Å². The minimum Gasteiger partial charge on any atom is -0.662 e. The molecule has 2 rings (SSSR count). The van der Waals surface area contributed by atoms with Gasteiger partial charge in [-0.15, -0.1) is 5.52 Å². The third-order valence-corrected chi connectivity index (χ3v) is 1.49. The van der Waals surface area contributed by atoms with Gasteiger partial charge in [-0.25, -0.2) is 0 Å². The van der Waals surface area contributed by atoms with E-state index in [1.807, 2.05) is 25.1 Å². The quantitative estimate of drug-likeness (QED) is 0.736. The fourth-order valence-electron chi connectivity index (χ4n) is 0.989. The largest absolute Gasteiger partial charge is 0.662 e. The first-order chi connectivity index (χ1) is 4.86. The van der Waals surface area contributed by atoms with Crippen molar-refractivity contribution < 1.29 is 20.4 Å². The third kappa shape index (κ3) is 1.50. The summed E-state index contributed by atoms with van der Waals surface area (Å²) in [4.78, 5) is 8.37. The Balaban J connectivity index is 0.000000605. The second-order valence-electron chi connectivity index (χ2n) is 2.30. The summed E-state index contributed by atoms with van der Waals surface area (Å²) in [6.07, 6.45) is 1.77. The van der Waals surface area contributed by atoms with E-state index in [2.05, 4.69) is 9.97 Å². The predicted molar refractivity (Wildman–Crippen MR) is 39.8 cm³/mol. The van der Waals surface area contributed by atoms with Crippen LogP contribution in [0.4, 0.5) is 0 Å². The Hall–Kier alpha value is -0.648. The molecule has 0 fully saturated rings. The van der Waals surface area contributed by atoms with Gasteiger partial charge < -0.3 is 4.98 Å². The third-order valence-electron chi connectivity index (χ3n) is 1.49. The summed E-state index contributed by atoms with van der Waals surface area (Å²) >= 11 is 0. The Labute approximate surface area is 78.7 Å². The molecule has 3 heteroatoms. The van der Waals surface area contributed by atoms with Crippen LogP contribution in [0.5, 0.6) is 0 Å². The van der Waals surface area contributed by atoms with Gasteiger partial charge in [0.25, 0.3) is 0 Å². The van der Waals surface area contributed by atoms with Crippen LogP contribution in [0.3, 0.4) is 0 Å². The average molecular weight is 317 g/mol. The van der Waals surface area contributed by atoms with Gasteiger partial charge in [0.1, 0.15) is 0 Å². The molecule has 0 saturated heterocycles. The normalized spacial score (nSPS) is 9.55. The molecule has 2 nitrogen and oxygen atoms in total. The number of fused-ring (bicyclic) bond motifs is 1. The molecule has 2 aromatic rings.